The van der Waals surface area contributed by atoms with Crippen LogP contribution in [0.15, 0.2) is 47.4 Å². The van der Waals surface area contributed by atoms with Gasteiger partial charge in [0.2, 0.25) is 0 Å². The summed E-state index contributed by atoms with van der Waals surface area (Å²) in [5.41, 5.74) is 1.72. The first-order valence-corrected chi connectivity index (χ1v) is 9.81. The fraction of sp³-hybridized carbons (Fsp3) is 0.476. The van der Waals surface area contributed by atoms with Gasteiger partial charge in [0, 0.05) is 31.2 Å². The molecule has 1 aromatic heterocycles. The Bertz CT molecular complexity index is 822. The number of benzene rings is 1. The molecule has 1 aliphatic heterocycles. The van der Waals surface area contributed by atoms with Gasteiger partial charge in [-0.1, -0.05) is 41.9 Å². The largest absolute Gasteiger partial charge is 0.395 e. The minimum atomic E-state index is -0.203. The molecule has 4 rings (SSSR count). The summed E-state index contributed by atoms with van der Waals surface area (Å²) < 4.78 is 1.75. The summed E-state index contributed by atoms with van der Waals surface area (Å²) in [7, 11) is 0. The van der Waals surface area contributed by atoms with Crippen LogP contribution in [-0.4, -0.2) is 29.4 Å². The molecule has 138 valence electrons. The van der Waals surface area contributed by atoms with E-state index in [2.05, 4.69) is 17.0 Å². The third kappa shape index (κ3) is 3.28. The highest BCUT2D eigenvalue weighted by molar-refractivity contribution is 6.33. The van der Waals surface area contributed by atoms with Crippen molar-refractivity contribution in [2.45, 2.75) is 37.6 Å². The number of piperidine rings is 1. The number of rotatable bonds is 5. The molecule has 0 atom stereocenters. The number of aliphatic hydroxyl groups excluding tert-OH is 1. The van der Waals surface area contributed by atoms with Crippen LogP contribution in [0.4, 0.5) is 5.69 Å². The van der Waals surface area contributed by atoms with E-state index in [1.54, 1.807) is 4.57 Å². The molecule has 26 heavy (non-hydrogen) atoms. The number of aromatic nitrogens is 1. The molecule has 0 unspecified atom stereocenters. The molecule has 0 radical (unpaired) electrons. The molecule has 1 saturated heterocycles. The summed E-state index contributed by atoms with van der Waals surface area (Å²) in [6.45, 7) is 2.48. The van der Waals surface area contributed by atoms with Gasteiger partial charge in [0.05, 0.1) is 12.3 Å². The SMILES string of the molecule is O=c1c(Cl)c(N2CCC(CO)(c3ccccc3)CC2)ccn1CC1CC1. The monoisotopic (exact) mass is 372 g/mol. The first-order valence-electron chi connectivity index (χ1n) is 9.43. The Hall–Kier alpha value is -1.78. The van der Waals surface area contributed by atoms with Crippen molar-refractivity contribution in [1.82, 2.24) is 4.57 Å². The van der Waals surface area contributed by atoms with E-state index < -0.39 is 0 Å². The smallest absolute Gasteiger partial charge is 0.271 e. The maximum absolute atomic E-state index is 12.6. The Morgan fingerprint density at radius 2 is 1.81 bits per heavy atom. The van der Waals surface area contributed by atoms with Crippen molar-refractivity contribution >= 4 is 17.3 Å². The van der Waals surface area contributed by atoms with Crippen molar-refractivity contribution in [2.24, 2.45) is 5.92 Å². The van der Waals surface area contributed by atoms with Gasteiger partial charge in [-0.25, -0.2) is 0 Å². The molecular formula is C21H25ClN2O2. The van der Waals surface area contributed by atoms with E-state index in [1.165, 1.54) is 18.4 Å². The number of pyridine rings is 1. The third-order valence-corrected chi connectivity index (χ3v) is 6.34. The Morgan fingerprint density at radius 1 is 1.12 bits per heavy atom. The summed E-state index contributed by atoms with van der Waals surface area (Å²) in [4.78, 5) is 14.7. The molecule has 0 spiro atoms. The van der Waals surface area contributed by atoms with Gasteiger partial charge >= 0.3 is 0 Å². The van der Waals surface area contributed by atoms with Crippen LogP contribution in [0.25, 0.3) is 0 Å². The van der Waals surface area contributed by atoms with Crippen molar-refractivity contribution < 1.29 is 5.11 Å². The maximum atomic E-state index is 12.6. The molecule has 0 bridgehead atoms. The second-order valence-corrected chi connectivity index (χ2v) is 8.09. The number of anilines is 1. The highest BCUT2D eigenvalue weighted by Gasteiger charge is 2.36. The standard InChI is InChI=1S/C21H25ClN2O2/c22-19-18(8-11-24(20(19)26)14-16-6-7-16)23-12-9-21(15-25,10-13-23)17-4-2-1-3-5-17/h1-5,8,11,16,25H,6-7,9-10,12-15H2. The summed E-state index contributed by atoms with van der Waals surface area (Å²) in [6, 6.07) is 12.2. The van der Waals surface area contributed by atoms with Crippen LogP contribution >= 0.6 is 11.6 Å². The average molecular weight is 373 g/mol. The van der Waals surface area contributed by atoms with E-state index in [0.717, 1.165) is 38.2 Å². The summed E-state index contributed by atoms with van der Waals surface area (Å²) >= 11 is 6.43. The first kappa shape index (κ1) is 17.6. The lowest BCUT2D eigenvalue weighted by Gasteiger charge is -2.42. The molecule has 0 amide bonds. The van der Waals surface area contributed by atoms with Crippen molar-refractivity contribution in [1.29, 1.82) is 0 Å². The van der Waals surface area contributed by atoms with Crippen molar-refractivity contribution in [3.8, 4) is 0 Å². The van der Waals surface area contributed by atoms with Crippen molar-refractivity contribution in [3.63, 3.8) is 0 Å². The highest BCUT2D eigenvalue weighted by Crippen LogP contribution is 2.37. The lowest BCUT2D eigenvalue weighted by atomic mass is 9.73. The minimum absolute atomic E-state index is 0.0851. The Labute approximate surface area is 159 Å². The zero-order valence-electron chi connectivity index (χ0n) is 14.9. The molecule has 4 nitrogen and oxygen atoms in total. The van der Waals surface area contributed by atoms with E-state index in [0.29, 0.717) is 10.9 Å². The number of hydrogen-bond acceptors (Lipinski definition) is 3. The normalized spacial score (nSPS) is 19.5. The number of nitrogens with zero attached hydrogens (tertiary/aromatic N) is 2. The molecule has 1 N–H and O–H groups in total. The molecule has 2 heterocycles. The zero-order valence-corrected chi connectivity index (χ0v) is 15.7. The molecule has 1 aliphatic carbocycles. The second kappa shape index (κ2) is 7.09. The van der Waals surface area contributed by atoms with E-state index in [1.807, 2.05) is 30.5 Å². The lowest BCUT2D eigenvalue weighted by molar-refractivity contribution is 0.165. The Balaban J connectivity index is 1.52. The van der Waals surface area contributed by atoms with E-state index in [9.17, 15) is 9.90 Å². The fourth-order valence-electron chi connectivity index (χ4n) is 4.01. The van der Waals surface area contributed by atoms with E-state index in [4.69, 9.17) is 11.6 Å². The summed E-state index contributed by atoms with van der Waals surface area (Å²) in [5, 5.41) is 10.4. The van der Waals surface area contributed by atoms with Gasteiger partial charge in [-0.3, -0.25) is 4.79 Å². The first-order chi connectivity index (χ1) is 12.6. The molecule has 2 aliphatic rings. The van der Waals surface area contributed by atoms with Gasteiger partial charge < -0.3 is 14.6 Å². The summed E-state index contributed by atoms with van der Waals surface area (Å²) in [5.74, 6) is 0.639. The fourth-order valence-corrected chi connectivity index (χ4v) is 4.30. The molecule has 2 aromatic rings. The average Bonchev–Trinajstić information content (AvgIpc) is 3.51. The van der Waals surface area contributed by atoms with Crippen LogP contribution in [-0.2, 0) is 12.0 Å². The topological polar surface area (TPSA) is 45.5 Å². The lowest BCUT2D eigenvalue weighted by Crippen LogP contribution is -2.45. The number of aliphatic hydroxyl groups is 1. The molecule has 2 fully saturated rings. The van der Waals surface area contributed by atoms with E-state index >= 15 is 0 Å². The molecule has 5 heteroatoms. The highest BCUT2D eigenvalue weighted by atomic mass is 35.5. The van der Waals surface area contributed by atoms with Crippen LogP contribution in [0.3, 0.4) is 0 Å². The zero-order chi connectivity index (χ0) is 18.1. The third-order valence-electron chi connectivity index (χ3n) is 5.99. The number of halogens is 1. The Morgan fingerprint density at radius 3 is 2.42 bits per heavy atom. The number of hydrogen-bond donors (Lipinski definition) is 1. The van der Waals surface area contributed by atoms with Gasteiger partial charge in [0.25, 0.3) is 5.56 Å². The van der Waals surface area contributed by atoms with Gasteiger partial charge in [-0.05, 0) is 43.2 Å². The van der Waals surface area contributed by atoms with E-state index in [-0.39, 0.29) is 17.6 Å². The predicted molar refractivity (Wildman–Crippen MR) is 105 cm³/mol. The van der Waals surface area contributed by atoms with Crippen LogP contribution in [0, 0.1) is 5.92 Å². The van der Waals surface area contributed by atoms with Gasteiger partial charge in [0.15, 0.2) is 0 Å². The maximum Gasteiger partial charge on any atom is 0.271 e. The minimum Gasteiger partial charge on any atom is -0.395 e. The van der Waals surface area contributed by atoms with Crippen LogP contribution in [0.2, 0.25) is 5.02 Å². The molecular weight excluding hydrogens is 348 g/mol. The van der Waals surface area contributed by atoms with Crippen molar-refractivity contribution in [2.75, 3.05) is 24.6 Å². The van der Waals surface area contributed by atoms with Crippen molar-refractivity contribution in [3.05, 3.63) is 63.5 Å². The summed E-state index contributed by atoms with van der Waals surface area (Å²) in [6.07, 6.45) is 5.98. The van der Waals surface area contributed by atoms with Gasteiger partial charge in [-0.15, -0.1) is 0 Å². The second-order valence-electron chi connectivity index (χ2n) is 7.71. The van der Waals surface area contributed by atoms with Crippen LogP contribution in [0.5, 0.6) is 0 Å². The molecule has 1 aromatic carbocycles. The van der Waals surface area contributed by atoms with Gasteiger partial charge in [-0.2, -0.15) is 0 Å². The van der Waals surface area contributed by atoms with Crippen LogP contribution in [0.1, 0.15) is 31.2 Å². The molecule has 1 saturated carbocycles. The van der Waals surface area contributed by atoms with Crippen LogP contribution < -0.4 is 10.5 Å². The quantitative estimate of drug-likeness (QED) is 0.874. The van der Waals surface area contributed by atoms with Gasteiger partial charge in [0.1, 0.15) is 5.02 Å². The predicted octanol–water partition coefficient (Wildman–Crippen LogP) is 3.44. The Kier molecular flexibility index (Phi) is 4.80.